The summed E-state index contributed by atoms with van der Waals surface area (Å²) < 4.78 is 53.4. The molecule has 4 rings (SSSR count). The van der Waals surface area contributed by atoms with Crippen LogP contribution < -0.4 is 0 Å². The predicted octanol–water partition coefficient (Wildman–Crippen LogP) is 5.18. The van der Waals surface area contributed by atoms with Crippen LogP contribution in [0.4, 0.5) is 17.6 Å². The average Bonchev–Trinajstić information content (AvgIpc) is 2.99. The molecule has 114 valence electrons. The van der Waals surface area contributed by atoms with E-state index in [1.165, 1.54) is 12.1 Å². The van der Waals surface area contributed by atoms with Crippen molar-refractivity contribution in [3.8, 4) is 0 Å². The Morgan fingerprint density at radius 2 is 1.00 bits per heavy atom. The summed E-state index contributed by atoms with van der Waals surface area (Å²) in [5.41, 5.74) is 4.26. The van der Waals surface area contributed by atoms with Crippen LogP contribution in [0.1, 0.15) is 36.1 Å². The fourth-order valence-electron chi connectivity index (χ4n) is 3.16. The highest BCUT2D eigenvalue weighted by Gasteiger charge is 2.31. The van der Waals surface area contributed by atoms with Gasteiger partial charge < -0.3 is 0 Å². The molecule has 0 aromatic heterocycles. The number of allylic oxidation sites excluding steroid dienone is 1. The van der Waals surface area contributed by atoms with Crippen molar-refractivity contribution in [1.82, 2.24) is 0 Å². The number of rotatable bonds is 0. The van der Waals surface area contributed by atoms with Crippen molar-refractivity contribution in [2.45, 2.75) is 26.7 Å². The first kappa shape index (κ1) is 14.8. The lowest BCUT2D eigenvalue weighted by atomic mass is 9.97. The molecule has 0 spiro atoms. The summed E-state index contributed by atoms with van der Waals surface area (Å²) >= 11 is 0. The first-order valence-electron chi connectivity index (χ1n) is 7.23. The molecule has 0 nitrogen and oxygen atoms in total. The van der Waals surface area contributed by atoms with Gasteiger partial charge in [0.15, 0.2) is 23.3 Å². The van der Waals surface area contributed by atoms with Crippen molar-refractivity contribution < 1.29 is 17.6 Å². The Kier molecular flexibility index (Phi) is 3.55. The highest BCUT2D eigenvalue weighted by atomic mass is 19.2. The molecule has 2 aliphatic rings. The van der Waals surface area contributed by atoms with Gasteiger partial charge in [-0.25, -0.2) is 17.6 Å². The molecule has 0 atom stereocenters. The first-order valence-corrected chi connectivity index (χ1v) is 7.23. The van der Waals surface area contributed by atoms with Gasteiger partial charge in [-0.15, -0.1) is 0 Å². The van der Waals surface area contributed by atoms with E-state index in [-0.39, 0.29) is 0 Å². The van der Waals surface area contributed by atoms with Gasteiger partial charge in [0.25, 0.3) is 0 Å². The highest BCUT2D eigenvalue weighted by Crippen LogP contribution is 2.46. The molecule has 0 N–H and O–H groups in total. The van der Waals surface area contributed by atoms with Crippen LogP contribution in [-0.2, 0) is 12.8 Å². The van der Waals surface area contributed by atoms with E-state index in [4.69, 9.17) is 0 Å². The topological polar surface area (TPSA) is 0 Å². The maximum absolute atomic E-state index is 13.4. The minimum Gasteiger partial charge on any atom is -0.204 e. The maximum Gasteiger partial charge on any atom is 0.159 e. The third-order valence-electron chi connectivity index (χ3n) is 3.99. The van der Waals surface area contributed by atoms with Crippen LogP contribution in [0.3, 0.4) is 0 Å². The van der Waals surface area contributed by atoms with Gasteiger partial charge in [-0.3, -0.25) is 0 Å². The number of fused-ring (bicyclic) bond motifs is 4. The molecule has 0 fully saturated rings. The molecule has 0 heterocycles. The summed E-state index contributed by atoms with van der Waals surface area (Å²) in [7, 11) is 0. The number of hydrogen-bond acceptors (Lipinski definition) is 0. The Morgan fingerprint density at radius 3 is 1.41 bits per heavy atom. The van der Waals surface area contributed by atoms with Crippen LogP contribution in [0.5, 0.6) is 0 Å². The van der Waals surface area contributed by atoms with Crippen molar-refractivity contribution in [2.75, 3.05) is 0 Å². The summed E-state index contributed by atoms with van der Waals surface area (Å²) in [6, 6.07) is 4.65. The van der Waals surface area contributed by atoms with Gasteiger partial charge in [-0.05, 0) is 64.9 Å². The largest absolute Gasteiger partial charge is 0.204 e. The molecule has 0 amide bonds. The van der Waals surface area contributed by atoms with Crippen LogP contribution in [0.2, 0.25) is 0 Å². The van der Waals surface area contributed by atoms with Gasteiger partial charge in [0, 0.05) is 0 Å². The standard InChI is InChI=1S/C16H8F4.C2H6/c17-12-3-7-1-9-2-8-4-13(18)15(20)6-11(8)16(9)10(7)5-14(12)19;1-2/h3-6H,1-2H2;1-2H3. The van der Waals surface area contributed by atoms with E-state index >= 15 is 0 Å². The van der Waals surface area contributed by atoms with Gasteiger partial charge in [0.2, 0.25) is 0 Å². The zero-order valence-corrected chi connectivity index (χ0v) is 12.2. The zero-order chi connectivity index (χ0) is 16.0. The quantitative estimate of drug-likeness (QED) is 0.588. The number of benzene rings is 2. The summed E-state index contributed by atoms with van der Waals surface area (Å²) in [6.07, 6.45) is 1.000. The van der Waals surface area contributed by atoms with E-state index in [1.807, 2.05) is 13.8 Å². The Bertz CT molecular complexity index is 738. The molecule has 0 unspecified atom stereocenters. The van der Waals surface area contributed by atoms with Crippen LogP contribution in [-0.4, -0.2) is 0 Å². The molecule has 22 heavy (non-hydrogen) atoms. The van der Waals surface area contributed by atoms with Gasteiger partial charge in [0.05, 0.1) is 0 Å². The van der Waals surface area contributed by atoms with E-state index in [2.05, 4.69) is 0 Å². The predicted molar refractivity (Wildman–Crippen MR) is 77.5 cm³/mol. The molecule has 2 aliphatic carbocycles. The highest BCUT2D eigenvalue weighted by molar-refractivity contribution is 5.91. The van der Waals surface area contributed by atoms with Crippen molar-refractivity contribution in [3.05, 3.63) is 75.4 Å². The van der Waals surface area contributed by atoms with Crippen LogP contribution in [0.15, 0.2) is 29.8 Å². The Labute approximate surface area is 126 Å². The Hall–Kier alpha value is -2.10. The molecule has 0 bridgehead atoms. The number of halogens is 4. The second-order valence-electron chi connectivity index (χ2n) is 5.18. The molecule has 0 saturated heterocycles. The SMILES string of the molecule is CC.Fc1cc2c(cc1F)C1=C(C2)Cc2cc(F)c(F)cc21. The second kappa shape index (κ2) is 5.27. The molecular formula is C18H14F4. The van der Waals surface area contributed by atoms with E-state index in [9.17, 15) is 17.6 Å². The first-order chi connectivity index (χ1) is 10.5. The maximum atomic E-state index is 13.4. The van der Waals surface area contributed by atoms with Crippen LogP contribution in [0, 0.1) is 23.3 Å². The number of hydrogen-bond donors (Lipinski definition) is 0. The van der Waals surface area contributed by atoms with Crippen molar-refractivity contribution >= 4 is 5.57 Å². The summed E-state index contributed by atoms with van der Waals surface area (Å²) in [4.78, 5) is 0. The Balaban J connectivity index is 0.000000693. The van der Waals surface area contributed by atoms with Gasteiger partial charge in [-0.1, -0.05) is 19.4 Å². The molecular weight excluding hydrogens is 292 g/mol. The third kappa shape index (κ3) is 2.05. The monoisotopic (exact) mass is 306 g/mol. The lowest BCUT2D eigenvalue weighted by molar-refractivity contribution is 0.506. The van der Waals surface area contributed by atoms with Crippen molar-refractivity contribution in [2.24, 2.45) is 0 Å². The third-order valence-corrected chi connectivity index (χ3v) is 3.99. The van der Waals surface area contributed by atoms with E-state index < -0.39 is 23.3 Å². The van der Waals surface area contributed by atoms with Gasteiger partial charge >= 0.3 is 0 Å². The lowest BCUT2D eigenvalue weighted by Gasteiger charge is -2.09. The normalized spacial score (nSPS) is 14.3. The molecule has 2 aromatic carbocycles. The minimum atomic E-state index is -0.923. The summed E-state index contributed by atoms with van der Waals surface area (Å²) in [6.45, 7) is 4.00. The minimum absolute atomic E-state index is 0.500. The smallest absolute Gasteiger partial charge is 0.159 e. The average molecular weight is 306 g/mol. The molecule has 0 aliphatic heterocycles. The van der Waals surface area contributed by atoms with E-state index in [0.29, 0.717) is 35.1 Å². The molecule has 0 radical (unpaired) electrons. The second-order valence-corrected chi connectivity index (χ2v) is 5.18. The Morgan fingerprint density at radius 1 is 0.636 bits per heavy atom. The van der Waals surface area contributed by atoms with E-state index in [0.717, 1.165) is 23.3 Å². The fourth-order valence-corrected chi connectivity index (χ4v) is 3.16. The van der Waals surface area contributed by atoms with Crippen molar-refractivity contribution in [3.63, 3.8) is 0 Å². The molecule has 4 heteroatoms. The summed E-state index contributed by atoms with van der Waals surface area (Å²) in [5.74, 6) is -3.60. The fraction of sp³-hybridized carbons (Fsp3) is 0.222. The van der Waals surface area contributed by atoms with Gasteiger partial charge in [0.1, 0.15) is 0 Å². The van der Waals surface area contributed by atoms with Crippen LogP contribution >= 0.6 is 0 Å². The molecule has 0 saturated carbocycles. The van der Waals surface area contributed by atoms with Crippen LogP contribution in [0.25, 0.3) is 5.57 Å². The van der Waals surface area contributed by atoms with Crippen molar-refractivity contribution in [1.29, 1.82) is 0 Å². The summed E-state index contributed by atoms with van der Waals surface area (Å²) in [5, 5.41) is 0. The zero-order valence-electron chi connectivity index (χ0n) is 12.2. The van der Waals surface area contributed by atoms with Gasteiger partial charge in [-0.2, -0.15) is 0 Å². The van der Waals surface area contributed by atoms with E-state index in [1.54, 1.807) is 0 Å². The lowest BCUT2D eigenvalue weighted by Crippen LogP contribution is -1.97. The molecule has 2 aromatic rings.